The van der Waals surface area contributed by atoms with E-state index in [2.05, 4.69) is 6.07 Å². The van der Waals surface area contributed by atoms with Crippen molar-refractivity contribution >= 4 is 11.8 Å². The quantitative estimate of drug-likeness (QED) is 0.803. The molecule has 4 rings (SSSR count). The van der Waals surface area contributed by atoms with Gasteiger partial charge in [0.15, 0.2) is 0 Å². The Morgan fingerprint density at radius 1 is 1.14 bits per heavy atom. The number of aryl methyl sites for hydroxylation is 2. The van der Waals surface area contributed by atoms with Gasteiger partial charge in [-0.3, -0.25) is 9.59 Å². The van der Waals surface area contributed by atoms with Crippen LogP contribution < -0.4 is 0 Å². The second-order valence-corrected chi connectivity index (χ2v) is 9.08. The van der Waals surface area contributed by atoms with Gasteiger partial charge in [0.05, 0.1) is 6.10 Å². The molecule has 1 spiro atoms. The molecule has 152 valence electrons. The highest BCUT2D eigenvalue weighted by atomic mass is 16.5. The summed E-state index contributed by atoms with van der Waals surface area (Å²) >= 11 is 0. The zero-order chi connectivity index (χ0) is 19.7. The van der Waals surface area contributed by atoms with Crippen molar-refractivity contribution in [1.82, 2.24) is 9.80 Å². The van der Waals surface area contributed by atoms with E-state index < -0.39 is 0 Å². The minimum atomic E-state index is 0.143. The van der Waals surface area contributed by atoms with Gasteiger partial charge in [-0.25, -0.2) is 0 Å². The van der Waals surface area contributed by atoms with Crippen LogP contribution in [0.25, 0.3) is 0 Å². The van der Waals surface area contributed by atoms with Crippen LogP contribution in [-0.4, -0.2) is 60.5 Å². The summed E-state index contributed by atoms with van der Waals surface area (Å²) in [5.41, 5.74) is 3.23. The largest absolute Gasteiger partial charge is 0.376 e. The zero-order valence-corrected chi connectivity index (χ0v) is 17.2. The van der Waals surface area contributed by atoms with Crippen LogP contribution in [0.1, 0.15) is 60.0 Å². The van der Waals surface area contributed by atoms with Crippen LogP contribution in [0, 0.1) is 19.3 Å². The van der Waals surface area contributed by atoms with E-state index in [1.54, 1.807) is 0 Å². The molecule has 0 N–H and O–H groups in total. The maximum Gasteiger partial charge on any atom is 0.253 e. The van der Waals surface area contributed by atoms with Gasteiger partial charge in [0.25, 0.3) is 5.91 Å². The van der Waals surface area contributed by atoms with E-state index >= 15 is 0 Å². The highest BCUT2D eigenvalue weighted by molar-refractivity contribution is 5.94. The van der Waals surface area contributed by atoms with Gasteiger partial charge in [-0.1, -0.05) is 17.2 Å². The number of amides is 2. The third kappa shape index (κ3) is 4.09. The number of carbonyl (C=O) groups is 2. The normalized spacial score (nSPS) is 24.8. The molecular formula is C23H32N2O3. The maximum absolute atomic E-state index is 13.0. The van der Waals surface area contributed by atoms with Crippen molar-refractivity contribution < 1.29 is 14.3 Å². The van der Waals surface area contributed by atoms with Gasteiger partial charge >= 0.3 is 0 Å². The summed E-state index contributed by atoms with van der Waals surface area (Å²) in [5, 5.41) is 0. The number of carbonyl (C=O) groups excluding carboxylic acids is 2. The Morgan fingerprint density at radius 2 is 1.86 bits per heavy atom. The molecule has 0 bridgehead atoms. The molecule has 1 atom stereocenters. The molecule has 0 radical (unpaired) electrons. The molecule has 5 heteroatoms. The predicted molar refractivity (Wildman–Crippen MR) is 108 cm³/mol. The van der Waals surface area contributed by atoms with Gasteiger partial charge in [0.2, 0.25) is 5.91 Å². The Morgan fingerprint density at radius 3 is 2.50 bits per heavy atom. The van der Waals surface area contributed by atoms with Crippen molar-refractivity contribution in [2.75, 3.05) is 32.8 Å². The fourth-order valence-electron chi connectivity index (χ4n) is 5.18. The smallest absolute Gasteiger partial charge is 0.253 e. The Hall–Kier alpha value is -1.88. The fourth-order valence-corrected chi connectivity index (χ4v) is 5.18. The van der Waals surface area contributed by atoms with Crippen LogP contribution in [-0.2, 0) is 9.53 Å². The molecule has 1 aromatic carbocycles. The SMILES string of the molecule is Cc1cc(C)cc(C(=O)N2CCC3(CCC(=O)N(C[C@@H]4CCCO4)C3)CC2)c1. The summed E-state index contributed by atoms with van der Waals surface area (Å²) in [6.07, 6.45) is 5.95. The van der Waals surface area contributed by atoms with Crippen molar-refractivity contribution in [3.05, 3.63) is 34.9 Å². The molecule has 3 aliphatic heterocycles. The third-order valence-corrected chi connectivity index (χ3v) is 6.78. The van der Waals surface area contributed by atoms with Gasteiger partial charge in [-0.05, 0) is 63.5 Å². The highest BCUT2D eigenvalue weighted by Gasteiger charge is 2.42. The molecule has 3 aliphatic rings. The molecule has 3 saturated heterocycles. The number of hydrogen-bond acceptors (Lipinski definition) is 3. The van der Waals surface area contributed by atoms with E-state index in [1.807, 2.05) is 35.8 Å². The van der Waals surface area contributed by atoms with E-state index in [1.165, 1.54) is 0 Å². The van der Waals surface area contributed by atoms with E-state index in [-0.39, 0.29) is 23.3 Å². The Balaban J connectivity index is 1.38. The lowest BCUT2D eigenvalue weighted by Crippen LogP contribution is -2.53. The molecule has 0 aromatic heterocycles. The molecule has 2 amide bonds. The van der Waals surface area contributed by atoms with E-state index in [0.29, 0.717) is 6.42 Å². The summed E-state index contributed by atoms with van der Waals surface area (Å²) < 4.78 is 5.75. The van der Waals surface area contributed by atoms with E-state index in [4.69, 9.17) is 4.74 Å². The van der Waals surface area contributed by atoms with Crippen molar-refractivity contribution in [3.8, 4) is 0 Å². The number of hydrogen-bond donors (Lipinski definition) is 0. The highest BCUT2D eigenvalue weighted by Crippen LogP contribution is 2.40. The number of likely N-dealkylation sites (tertiary alicyclic amines) is 2. The van der Waals surface area contributed by atoms with Gasteiger partial charge in [0.1, 0.15) is 0 Å². The summed E-state index contributed by atoms with van der Waals surface area (Å²) in [7, 11) is 0. The Bertz CT molecular complexity index is 726. The number of piperidine rings is 2. The first kappa shape index (κ1) is 19.4. The molecule has 3 heterocycles. The average molecular weight is 385 g/mol. The topological polar surface area (TPSA) is 49.9 Å². The molecule has 0 saturated carbocycles. The standard InChI is InChI=1S/C23H32N2O3/c1-17-12-18(2)14-19(13-17)22(27)24-9-7-23(8-10-24)6-5-21(26)25(16-23)15-20-4-3-11-28-20/h12-14,20H,3-11,15-16H2,1-2H3/t20-/m0/s1. The lowest BCUT2D eigenvalue weighted by molar-refractivity contribution is -0.141. The van der Waals surface area contributed by atoms with Gasteiger partial charge in [0, 0.05) is 44.8 Å². The van der Waals surface area contributed by atoms with Gasteiger partial charge < -0.3 is 14.5 Å². The van der Waals surface area contributed by atoms with Crippen molar-refractivity contribution in [2.24, 2.45) is 5.41 Å². The third-order valence-electron chi connectivity index (χ3n) is 6.78. The van der Waals surface area contributed by atoms with Crippen LogP contribution in [0.5, 0.6) is 0 Å². The summed E-state index contributed by atoms with van der Waals surface area (Å²) in [6, 6.07) is 6.08. The lowest BCUT2D eigenvalue weighted by Gasteiger charge is -2.47. The summed E-state index contributed by atoms with van der Waals surface area (Å²) in [6.45, 7) is 8.05. The zero-order valence-electron chi connectivity index (χ0n) is 17.2. The minimum Gasteiger partial charge on any atom is -0.376 e. The second kappa shape index (κ2) is 7.86. The monoisotopic (exact) mass is 384 g/mol. The molecule has 1 aromatic rings. The van der Waals surface area contributed by atoms with Crippen LogP contribution >= 0.6 is 0 Å². The average Bonchev–Trinajstić information content (AvgIpc) is 3.17. The van der Waals surface area contributed by atoms with Gasteiger partial charge in [-0.15, -0.1) is 0 Å². The van der Waals surface area contributed by atoms with Crippen LogP contribution in [0.3, 0.4) is 0 Å². The number of rotatable bonds is 3. The van der Waals surface area contributed by atoms with E-state index in [0.717, 1.165) is 81.6 Å². The van der Waals surface area contributed by atoms with Crippen molar-refractivity contribution in [2.45, 2.75) is 58.5 Å². The molecule has 28 heavy (non-hydrogen) atoms. The summed E-state index contributed by atoms with van der Waals surface area (Å²) in [4.78, 5) is 29.4. The van der Waals surface area contributed by atoms with Crippen molar-refractivity contribution in [1.29, 1.82) is 0 Å². The van der Waals surface area contributed by atoms with E-state index in [9.17, 15) is 9.59 Å². The second-order valence-electron chi connectivity index (χ2n) is 9.08. The molecule has 0 aliphatic carbocycles. The predicted octanol–water partition coefficient (Wildman–Crippen LogP) is 3.33. The molecule has 3 fully saturated rings. The number of ether oxygens (including phenoxy) is 1. The first-order valence-electron chi connectivity index (χ1n) is 10.7. The Kier molecular flexibility index (Phi) is 5.46. The first-order valence-corrected chi connectivity index (χ1v) is 10.7. The fraction of sp³-hybridized carbons (Fsp3) is 0.652. The van der Waals surface area contributed by atoms with Gasteiger partial charge in [-0.2, -0.15) is 0 Å². The number of nitrogens with zero attached hydrogens (tertiary/aromatic N) is 2. The summed E-state index contributed by atoms with van der Waals surface area (Å²) in [5.74, 6) is 0.416. The first-order chi connectivity index (χ1) is 13.4. The lowest BCUT2D eigenvalue weighted by atomic mass is 9.72. The van der Waals surface area contributed by atoms with Crippen molar-refractivity contribution in [3.63, 3.8) is 0 Å². The maximum atomic E-state index is 13.0. The van der Waals surface area contributed by atoms with Crippen LogP contribution in [0.4, 0.5) is 0 Å². The molecule has 0 unspecified atom stereocenters. The molecular weight excluding hydrogens is 352 g/mol. The van der Waals surface area contributed by atoms with Crippen LogP contribution in [0.2, 0.25) is 0 Å². The van der Waals surface area contributed by atoms with Crippen LogP contribution in [0.15, 0.2) is 18.2 Å². The Labute approximate surface area is 168 Å². The minimum absolute atomic E-state index is 0.143. The number of benzene rings is 1. The molecule has 5 nitrogen and oxygen atoms in total.